The maximum absolute atomic E-state index is 11.6. The molecule has 0 aromatic heterocycles. The fourth-order valence-electron chi connectivity index (χ4n) is 1.48. The maximum Gasteiger partial charge on any atom is 0.224 e. The Morgan fingerprint density at radius 3 is 2.80 bits per heavy atom. The summed E-state index contributed by atoms with van der Waals surface area (Å²) in [6.07, 6.45) is 0.135. The number of hydrogen-bond donors (Lipinski definition) is 2. The van der Waals surface area contributed by atoms with E-state index >= 15 is 0 Å². The second-order valence-electron chi connectivity index (χ2n) is 3.80. The van der Waals surface area contributed by atoms with Gasteiger partial charge in [0.05, 0.1) is 19.3 Å². The number of carbonyl (C=O) groups excluding carboxylic acids is 1. The molecule has 1 atom stereocenters. The fraction of sp³-hybridized carbons (Fsp3) is 0.900. The average Bonchev–Trinajstić information content (AvgIpc) is 2.25. The first-order chi connectivity index (χ1) is 7.20. The molecule has 1 heterocycles. The van der Waals surface area contributed by atoms with Gasteiger partial charge in [-0.2, -0.15) is 0 Å². The van der Waals surface area contributed by atoms with Crippen LogP contribution in [-0.2, 0) is 9.53 Å². The van der Waals surface area contributed by atoms with Crippen LogP contribution in [0.5, 0.6) is 0 Å². The number of nitrogens with zero attached hydrogens (tertiary/aromatic N) is 1. The van der Waals surface area contributed by atoms with Crippen molar-refractivity contribution in [2.24, 2.45) is 0 Å². The smallest absolute Gasteiger partial charge is 0.224 e. The molecular weight excluding hydrogens is 196 g/mol. The lowest BCUT2D eigenvalue weighted by molar-refractivity contribution is -0.135. The Kier molecular flexibility index (Phi) is 5.60. The van der Waals surface area contributed by atoms with Crippen LogP contribution in [-0.4, -0.2) is 61.4 Å². The summed E-state index contributed by atoms with van der Waals surface area (Å²) < 4.78 is 5.16. The molecule has 2 N–H and O–H groups in total. The normalized spacial score (nSPS) is 18.9. The summed E-state index contributed by atoms with van der Waals surface area (Å²) in [5.41, 5.74) is 0. The molecule has 1 unspecified atom stereocenters. The fourth-order valence-corrected chi connectivity index (χ4v) is 1.48. The van der Waals surface area contributed by atoms with Gasteiger partial charge in [0.1, 0.15) is 0 Å². The molecule has 88 valence electrons. The molecule has 1 fully saturated rings. The van der Waals surface area contributed by atoms with Crippen molar-refractivity contribution in [2.45, 2.75) is 19.4 Å². The average molecular weight is 216 g/mol. The molecular formula is C10H20N2O3. The number of aliphatic hydroxyl groups is 1. The summed E-state index contributed by atoms with van der Waals surface area (Å²) in [6, 6.07) is 0. The highest BCUT2D eigenvalue weighted by Gasteiger charge is 2.15. The highest BCUT2D eigenvalue weighted by atomic mass is 16.5. The van der Waals surface area contributed by atoms with Crippen molar-refractivity contribution >= 4 is 5.91 Å². The highest BCUT2D eigenvalue weighted by Crippen LogP contribution is 1.99. The summed E-state index contributed by atoms with van der Waals surface area (Å²) in [6.45, 7) is 5.58. The van der Waals surface area contributed by atoms with Crippen LogP contribution in [0.2, 0.25) is 0 Å². The number of hydrogen-bond acceptors (Lipinski definition) is 4. The summed E-state index contributed by atoms with van der Waals surface area (Å²) in [5.74, 6) is 0.163. The minimum absolute atomic E-state index is 0.163. The molecule has 1 rings (SSSR count). The van der Waals surface area contributed by atoms with Gasteiger partial charge in [0.15, 0.2) is 0 Å². The predicted molar refractivity (Wildman–Crippen MR) is 56.6 cm³/mol. The largest absolute Gasteiger partial charge is 0.392 e. The molecule has 15 heavy (non-hydrogen) atoms. The van der Waals surface area contributed by atoms with E-state index in [0.29, 0.717) is 45.8 Å². The molecule has 0 saturated carbocycles. The van der Waals surface area contributed by atoms with Crippen molar-refractivity contribution in [3.8, 4) is 0 Å². The Balaban J connectivity index is 2.07. The Bertz CT molecular complexity index is 191. The van der Waals surface area contributed by atoms with Gasteiger partial charge in [-0.25, -0.2) is 0 Å². The maximum atomic E-state index is 11.6. The van der Waals surface area contributed by atoms with Crippen molar-refractivity contribution in [3.63, 3.8) is 0 Å². The van der Waals surface area contributed by atoms with E-state index in [4.69, 9.17) is 9.84 Å². The zero-order valence-electron chi connectivity index (χ0n) is 9.24. The Hall–Kier alpha value is -0.650. The van der Waals surface area contributed by atoms with E-state index in [2.05, 4.69) is 5.32 Å². The lowest BCUT2D eigenvalue weighted by Crippen LogP contribution is -2.41. The van der Waals surface area contributed by atoms with E-state index in [0.717, 1.165) is 0 Å². The number of aliphatic hydroxyl groups excluding tert-OH is 1. The monoisotopic (exact) mass is 216 g/mol. The number of amides is 1. The van der Waals surface area contributed by atoms with Crippen LogP contribution >= 0.6 is 0 Å². The van der Waals surface area contributed by atoms with E-state index in [9.17, 15) is 4.79 Å². The molecule has 0 aromatic carbocycles. The first-order valence-corrected chi connectivity index (χ1v) is 5.44. The van der Waals surface area contributed by atoms with Crippen molar-refractivity contribution in [2.75, 3.05) is 39.4 Å². The third-order valence-corrected chi connectivity index (χ3v) is 2.32. The van der Waals surface area contributed by atoms with Gasteiger partial charge >= 0.3 is 0 Å². The predicted octanol–water partition coefficient (Wildman–Crippen LogP) is -0.794. The second-order valence-corrected chi connectivity index (χ2v) is 3.80. The SMILES string of the molecule is CC(O)CNCCC(=O)N1CCOCC1. The molecule has 0 bridgehead atoms. The van der Waals surface area contributed by atoms with E-state index < -0.39 is 0 Å². The zero-order chi connectivity index (χ0) is 11.1. The van der Waals surface area contributed by atoms with Gasteiger partial charge in [-0.15, -0.1) is 0 Å². The van der Waals surface area contributed by atoms with Crippen LogP contribution in [0.1, 0.15) is 13.3 Å². The van der Waals surface area contributed by atoms with Gasteiger partial charge < -0.3 is 20.1 Å². The molecule has 0 aliphatic carbocycles. The Labute approximate surface area is 90.4 Å². The van der Waals surface area contributed by atoms with Gasteiger partial charge in [0.25, 0.3) is 0 Å². The standard InChI is InChI=1S/C10H20N2O3/c1-9(13)8-11-3-2-10(14)12-4-6-15-7-5-12/h9,11,13H,2-8H2,1H3. The Morgan fingerprint density at radius 1 is 1.53 bits per heavy atom. The molecule has 0 radical (unpaired) electrons. The minimum Gasteiger partial charge on any atom is -0.392 e. The quantitative estimate of drug-likeness (QED) is 0.591. The van der Waals surface area contributed by atoms with Gasteiger partial charge in [-0.1, -0.05) is 0 Å². The van der Waals surface area contributed by atoms with Crippen LogP contribution < -0.4 is 5.32 Å². The van der Waals surface area contributed by atoms with Crippen molar-refractivity contribution in [1.29, 1.82) is 0 Å². The lowest BCUT2D eigenvalue weighted by Gasteiger charge is -2.26. The highest BCUT2D eigenvalue weighted by molar-refractivity contribution is 5.76. The van der Waals surface area contributed by atoms with Gasteiger partial charge in [-0.3, -0.25) is 4.79 Å². The minimum atomic E-state index is -0.358. The summed E-state index contributed by atoms with van der Waals surface area (Å²) in [4.78, 5) is 13.4. The lowest BCUT2D eigenvalue weighted by atomic mass is 10.3. The number of nitrogens with one attached hydrogen (secondary N) is 1. The van der Waals surface area contributed by atoms with E-state index in [1.165, 1.54) is 0 Å². The Morgan fingerprint density at radius 2 is 2.20 bits per heavy atom. The van der Waals surface area contributed by atoms with Crippen LogP contribution in [0.25, 0.3) is 0 Å². The van der Waals surface area contributed by atoms with Crippen molar-refractivity contribution in [3.05, 3.63) is 0 Å². The van der Waals surface area contributed by atoms with Crippen LogP contribution in [0.15, 0.2) is 0 Å². The number of carbonyl (C=O) groups is 1. The molecule has 5 nitrogen and oxygen atoms in total. The van der Waals surface area contributed by atoms with Crippen molar-refractivity contribution in [1.82, 2.24) is 10.2 Å². The topological polar surface area (TPSA) is 61.8 Å². The third kappa shape index (κ3) is 5.11. The first kappa shape index (κ1) is 12.4. The molecule has 0 aromatic rings. The number of ether oxygens (including phenoxy) is 1. The zero-order valence-corrected chi connectivity index (χ0v) is 9.24. The first-order valence-electron chi connectivity index (χ1n) is 5.44. The van der Waals surface area contributed by atoms with Gasteiger partial charge in [-0.05, 0) is 6.92 Å². The molecule has 1 amide bonds. The number of morpholine rings is 1. The molecule has 0 spiro atoms. The molecule has 1 aliphatic heterocycles. The van der Waals surface area contributed by atoms with Gasteiger partial charge in [0.2, 0.25) is 5.91 Å². The summed E-state index contributed by atoms with van der Waals surface area (Å²) in [5, 5.41) is 12.0. The van der Waals surface area contributed by atoms with Gasteiger partial charge in [0, 0.05) is 32.6 Å². The van der Waals surface area contributed by atoms with Crippen LogP contribution in [0.3, 0.4) is 0 Å². The van der Waals surface area contributed by atoms with Crippen LogP contribution in [0, 0.1) is 0 Å². The van der Waals surface area contributed by atoms with E-state index in [1.54, 1.807) is 6.92 Å². The van der Waals surface area contributed by atoms with E-state index in [1.807, 2.05) is 4.90 Å². The molecule has 5 heteroatoms. The number of rotatable bonds is 5. The van der Waals surface area contributed by atoms with E-state index in [-0.39, 0.29) is 12.0 Å². The van der Waals surface area contributed by atoms with Crippen LogP contribution in [0.4, 0.5) is 0 Å². The molecule has 1 saturated heterocycles. The second kappa shape index (κ2) is 6.76. The molecule has 1 aliphatic rings. The third-order valence-electron chi connectivity index (χ3n) is 2.32. The summed E-state index contributed by atoms with van der Waals surface area (Å²) >= 11 is 0. The summed E-state index contributed by atoms with van der Waals surface area (Å²) in [7, 11) is 0. The van der Waals surface area contributed by atoms with Crippen molar-refractivity contribution < 1.29 is 14.6 Å².